The van der Waals surface area contributed by atoms with Gasteiger partial charge in [-0.3, -0.25) is 0 Å². The lowest BCUT2D eigenvalue weighted by Crippen LogP contribution is -2.04. The highest BCUT2D eigenvalue weighted by Crippen LogP contribution is 2.18. The molecule has 0 spiro atoms. The highest BCUT2D eigenvalue weighted by molar-refractivity contribution is 7.90. The molecule has 1 heterocycles. The van der Waals surface area contributed by atoms with Crippen LogP contribution in [0.2, 0.25) is 0 Å². The van der Waals surface area contributed by atoms with Crippen molar-refractivity contribution in [1.29, 1.82) is 0 Å². The molecule has 2 rings (SSSR count). The van der Waals surface area contributed by atoms with Gasteiger partial charge in [0.2, 0.25) is 11.9 Å². The third-order valence-corrected chi connectivity index (χ3v) is 3.34. The van der Waals surface area contributed by atoms with E-state index < -0.39 is 9.84 Å². The van der Waals surface area contributed by atoms with Crippen LogP contribution in [0.25, 0.3) is 11.4 Å². The average molecular weight is 265 g/mol. The molecule has 0 radical (unpaired) electrons. The lowest BCUT2D eigenvalue weighted by molar-refractivity contribution is 0.602. The van der Waals surface area contributed by atoms with E-state index in [0.29, 0.717) is 11.4 Å². The summed E-state index contributed by atoms with van der Waals surface area (Å²) in [7, 11) is -3.22. The summed E-state index contributed by atoms with van der Waals surface area (Å²) >= 11 is 0. The van der Waals surface area contributed by atoms with E-state index in [9.17, 15) is 8.42 Å². The highest BCUT2D eigenvalue weighted by Gasteiger charge is 2.09. The van der Waals surface area contributed by atoms with Crippen LogP contribution in [0.1, 0.15) is 0 Å². The molecule has 2 aromatic rings. The molecule has 0 saturated carbocycles. The SMILES string of the molecule is CS(=O)(=O)c1ccc(-c2nc(N)nc(N)n2)cc1. The van der Waals surface area contributed by atoms with Crippen LogP contribution in [-0.2, 0) is 9.84 Å². The molecule has 4 N–H and O–H groups in total. The summed E-state index contributed by atoms with van der Waals surface area (Å²) in [5, 5.41) is 0. The van der Waals surface area contributed by atoms with Crippen LogP contribution in [0.4, 0.5) is 11.9 Å². The fourth-order valence-corrected chi connectivity index (χ4v) is 2.02. The van der Waals surface area contributed by atoms with Crippen LogP contribution in [0.3, 0.4) is 0 Å². The summed E-state index contributed by atoms with van der Waals surface area (Å²) in [6.45, 7) is 0. The first-order chi connectivity index (χ1) is 8.36. The van der Waals surface area contributed by atoms with Gasteiger partial charge in [0.05, 0.1) is 4.90 Å². The Bertz CT molecular complexity index is 662. The Hall–Kier alpha value is -2.22. The van der Waals surface area contributed by atoms with Crippen LogP contribution in [0.15, 0.2) is 29.2 Å². The third kappa shape index (κ3) is 2.54. The standard InChI is InChI=1S/C10H11N5O2S/c1-18(16,17)7-4-2-6(3-5-7)8-13-9(11)15-10(12)14-8/h2-5H,1H3,(H4,11,12,13,14,15). The second-order valence-electron chi connectivity index (χ2n) is 3.67. The first-order valence-corrected chi connectivity index (χ1v) is 6.83. The topological polar surface area (TPSA) is 125 Å². The fraction of sp³-hybridized carbons (Fsp3) is 0.100. The molecule has 0 aliphatic heterocycles. The quantitative estimate of drug-likeness (QED) is 0.789. The lowest BCUT2D eigenvalue weighted by atomic mass is 10.2. The van der Waals surface area contributed by atoms with Crippen molar-refractivity contribution in [2.24, 2.45) is 0 Å². The van der Waals surface area contributed by atoms with Crippen molar-refractivity contribution in [3.63, 3.8) is 0 Å². The second kappa shape index (κ2) is 4.22. The Morgan fingerprint density at radius 1 is 0.944 bits per heavy atom. The first-order valence-electron chi connectivity index (χ1n) is 4.94. The number of sulfone groups is 1. The smallest absolute Gasteiger partial charge is 0.225 e. The monoisotopic (exact) mass is 265 g/mol. The van der Waals surface area contributed by atoms with E-state index in [1.807, 2.05) is 0 Å². The van der Waals surface area contributed by atoms with Crippen molar-refractivity contribution >= 4 is 21.7 Å². The van der Waals surface area contributed by atoms with Gasteiger partial charge in [0, 0.05) is 11.8 Å². The second-order valence-corrected chi connectivity index (χ2v) is 5.69. The summed E-state index contributed by atoms with van der Waals surface area (Å²) in [6, 6.07) is 6.12. The van der Waals surface area contributed by atoms with Crippen molar-refractivity contribution in [3.8, 4) is 11.4 Å². The van der Waals surface area contributed by atoms with E-state index in [1.165, 1.54) is 12.1 Å². The molecule has 8 heteroatoms. The number of hydrogen-bond donors (Lipinski definition) is 2. The minimum Gasteiger partial charge on any atom is -0.368 e. The van der Waals surface area contributed by atoms with Crippen LogP contribution in [-0.4, -0.2) is 29.6 Å². The molecule has 18 heavy (non-hydrogen) atoms. The van der Waals surface area contributed by atoms with E-state index in [1.54, 1.807) is 12.1 Å². The predicted molar refractivity (Wildman–Crippen MR) is 67.2 cm³/mol. The molecular formula is C10H11N5O2S. The zero-order valence-corrected chi connectivity index (χ0v) is 10.3. The van der Waals surface area contributed by atoms with Gasteiger partial charge in [0.1, 0.15) is 0 Å². The van der Waals surface area contributed by atoms with Crippen molar-refractivity contribution in [2.75, 3.05) is 17.7 Å². The largest absolute Gasteiger partial charge is 0.368 e. The minimum absolute atomic E-state index is 0.0182. The van der Waals surface area contributed by atoms with Crippen molar-refractivity contribution in [1.82, 2.24) is 15.0 Å². The molecule has 1 aromatic carbocycles. The molecule has 0 amide bonds. The van der Waals surface area contributed by atoms with Gasteiger partial charge in [-0.1, -0.05) is 0 Å². The van der Waals surface area contributed by atoms with Crippen molar-refractivity contribution in [2.45, 2.75) is 4.90 Å². The summed E-state index contributed by atoms with van der Waals surface area (Å²) in [6.07, 6.45) is 1.14. The van der Waals surface area contributed by atoms with Crippen LogP contribution in [0.5, 0.6) is 0 Å². The van der Waals surface area contributed by atoms with E-state index in [4.69, 9.17) is 11.5 Å². The maximum atomic E-state index is 11.3. The number of nitrogens with zero attached hydrogens (tertiary/aromatic N) is 3. The van der Waals surface area contributed by atoms with Gasteiger partial charge in [0.25, 0.3) is 0 Å². The Morgan fingerprint density at radius 2 is 1.44 bits per heavy atom. The third-order valence-electron chi connectivity index (χ3n) is 2.21. The Labute approximate surface area is 104 Å². The summed E-state index contributed by atoms with van der Waals surface area (Å²) < 4.78 is 22.6. The molecule has 0 unspecified atom stereocenters. The molecular weight excluding hydrogens is 254 g/mol. The maximum absolute atomic E-state index is 11.3. The zero-order chi connectivity index (χ0) is 13.3. The van der Waals surface area contributed by atoms with Gasteiger partial charge in [-0.15, -0.1) is 0 Å². The first kappa shape index (κ1) is 12.2. The number of nitrogen functional groups attached to an aromatic ring is 2. The molecule has 0 aliphatic carbocycles. The van der Waals surface area contributed by atoms with Gasteiger partial charge in [-0.2, -0.15) is 15.0 Å². The van der Waals surface area contributed by atoms with Crippen LogP contribution >= 0.6 is 0 Å². The van der Waals surface area contributed by atoms with E-state index >= 15 is 0 Å². The van der Waals surface area contributed by atoms with E-state index in [2.05, 4.69) is 15.0 Å². The van der Waals surface area contributed by atoms with Gasteiger partial charge in [0.15, 0.2) is 15.7 Å². The van der Waals surface area contributed by atoms with Gasteiger partial charge < -0.3 is 11.5 Å². The molecule has 0 aliphatic rings. The fourth-order valence-electron chi connectivity index (χ4n) is 1.39. The Morgan fingerprint density at radius 3 is 1.89 bits per heavy atom. The van der Waals surface area contributed by atoms with Gasteiger partial charge >= 0.3 is 0 Å². The molecule has 1 aromatic heterocycles. The molecule has 7 nitrogen and oxygen atoms in total. The van der Waals surface area contributed by atoms with Gasteiger partial charge in [-0.25, -0.2) is 8.42 Å². The number of hydrogen-bond acceptors (Lipinski definition) is 7. The number of rotatable bonds is 2. The predicted octanol–water partition coefficient (Wildman–Crippen LogP) is 0.106. The van der Waals surface area contributed by atoms with Gasteiger partial charge in [-0.05, 0) is 24.3 Å². The lowest BCUT2D eigenvalue weighted by Gasteiger charge is -2.03. The summed E-state index contributed by atoms with van der Waals surface area (Å²) in [5.74, 6) is 0.342. The highest BCUT2D eigenvalue weighted by atomic mass is 32.2. The minimum atomic E-state index is -3.22. The van der Waals surface area contributed by atoms with E-state index in [0.717, 1.165) is 6.26 Å². The summed E-state index contributed by atoms with van der Waals surface area (Å²) in [4.78, 5) is 11.7. The van der Waals surface area contributed by atoms with Crippen molar-refractivity contribution < 1.29 is 8.42 Å². The normalized spacial score (nSPS) is 11.4. The molecule has 0 atom stereocenters. The molecule has 0 bridgehead atoms. The number of aromatic nitrogens is 3. The Kier molecular flexibility index (Phi) is 2.87. The summed E-state index contributed by atoms with van der Waals surface area (Å²) in [5.41, 5.74) is 11.5. The van der Waals surface area contributed by atoms with Crippen LogP contribution in [0, 0.1) is 0 Å². The molecule has 0 fully saturated rings. The number of anilines is 2. The van der Waals surface area contributed by atoms with Crippen LogP contribution < -0.4 is 11.5 Å². The number of nitrogens with two attached hydrogens (primary N) is 2. The maximum Gasteiger partial charge on any atom is 0.225 e. The van der Waals surface area contributed by atoms with Crippen molar-refractivity contribution in [3.05, 3.63) is 24.3 Å². The van der Waals surface area contributed by atoms with E-state index in [-0.39, 0.29) is 16.8 Å². The molecule has 0 saturated heterocycles. The Balaban J connectivity index is 2.46. The average Bonchev–Trinajstić information content (AvgIpc) is 2.27. The molecule has 94 valence electrons. The number of benzene rings is 1. The zero-order valence-electron chi connectivity index (χ0n) is 9.53.